The molecule has 1 aromatic rings. The largest absolute Gasteiger partial charge is 0.378 e. The van der Waals surface area contributed by atoms with Crippen LogP contribution < -0.4 is 5.32 Å². The third-order valence-corrected chi connectivity index (χ3v) is 3.86. The van der Waals surface area contributed by atoms with Gasteiger partial charge in [0.05, 0.1) is 13.2 Å². The molecule has 0 spiro atoms. The number of hydrogen-bond donors (Lipinski definition) is 1. The van der Waals surface area contributed by atoms with Crippen molar-refractivity contribution in [1.29, 1.82) is 0 Å². The normalized spacial score (nSPS) is 20.4. The zero-order valence-electron chi connectivity index (χ0n) is 12.8. The Kier molecular flexibility index (Phi) is 6.51. The Labute approximate surface area is 123 Å². The molecule has 0 bridgehead atoms. The van der Waals surface area contributed by atoms with Gasteiger partial charge in [0.15, 0.2) is 0 Å². The van der Waals surface area contributed by atoms with Gasteiger partial charge in [-0.3, -0.25) is 4.90 Å². The van der Waals surface area contributed by atoms with Crippen LogP contribution >= 0.6 is 0 Å². The molecule has 2 rings (SSSR count). The lowest BCUT2D eigenvalue weighted by Crippen LogP contribution is -2.51. The number of nitrogens with zero attached hydrogens (tertiary/aromatic N) is 1. The Bertz CT molecular complexity index is 367. The zero-order valence-corrected chi connectivity index (χ0v) is 12.8. The molecule has 1 heterocycles. The van der Waals surface area contributed by atoms with Gasteiger partial charge in [-0.15, -0.1) is 0 Å². The van der Waals surface area contributed by atoms with Crippen molar-refractivity contribution in [3.63, 3.8) is 0 Å². The van der Waals surface area contributed by atoms with Gasteiger partial charge < -0.3 is 10.1 Å². The number of aryl methyl sites for hydroxylation is 1. The summed E-state index contributed by atoms with van der Waals surface area (Å²) in [6, 6.07) is 11.8. The van der Waals surface area contributed by atoms with Crippen LogP contribution in [0.15, 0.2) is 30.3 Å². The number of nitrogens with one attached hydrogen (secondary N) is 1. The number of hydrogen-bond acceptors (Lipinski definition) is 3. The Morgan fingerprint density at radius 1 is 1.30 bits per heavy atom. The fourth-order valence-electron chi connectivity index (χ4n) is 2.67. The van der Waals surface area contributed by atoms with Crippen LogP contribution in [-0.2, 0) is 11.2 Å². The Morgan fingerprint density at radius 3 is 2.85 bits per heavy atom. The highest BCUT2D eigenvalue weighted by Crippen LogP contribution is 2.09. The molecule has 1 aliphatic rings. The van der Waals surface area contributed by atoms with Gasteiger partial charge in [-0.25, -0.2) is 0 Å². The Morgan fingerprint density at radius 2 is 2.10 bits per heavy atom. The summed E-state index contributed by atoms with van der Waals surface area (Å²) in [6.45, 7) is 9.41. The second-order valence-electron chi connectivity index (χ2n) is 5.92. The molecule has 0 aromatic heterocycles. The lowest BCUT2D eigenvalue weighted by molar-refractivity contribution is -0.00766. The predicted octanol–water partition coefficient (Wildman–Crippen LogP) is 2.32. The molecule has 1 fully saturated rings. The van der Waals surface area contributed by atoms with E-state index in [1.165, 1.54) is 24.9 Å². The Hall–Kier alpha value is -0.900. The molecule has 112 valence electrons. The maximum Gasteiger partial charge on any atom is 0.0634 e. The molecular formula is C17H28N2O. The summed E-state index contributed by atoms with van der Waals surface area (Å²) in [5.74, 6) is 0. The molecule has 0 saturated carbocycles. The molecule has 1 aromatic carbocycles. The van der Waals surface area contributed by atoms with Gasteiger partial charge in [0.1, 0.15) is 0 Å². The van der Waals surface area contributed by atoms with E-state index in [1.54, 1.807) is 0 Å². The minimum atomic E-state index is 0.530. The highest BCUT2D eigenvalue weighted by molar-refractivity contribution is 5.14. The first-order valence-corrected chi connectivity index (χ1v) is 7.85. The van der Waals surface area contributed by atoms with Crippen LogP contribution in [0.25, 0.3) is 0 Å². The third-order valence-electron chi connectivity index (χ3n) is 3.86. The van der Waals surface area contributed by atoms with Crippen molar-refractivity contribution in [2.24, 2.45) is 0 Å². The van der Waals surface area contributed by atoms with Crippen molar-refractivity contribution in [3.8, 4) is 0 Å². The van der Waals surface area contributed by atoms with E-state index in [-0.39, 0.29) is 0 Å². The molecule has 20 heavy (non-hydrogen) atoms. The minimum Gasteiger partial charge on any atom is -0.378 e. The molecule has 1 aliphatic heterocycles. The summed E-state index contributed by atoms with van der Waals surface area (Å²) in [5, 5.41) is 3.53. The SMILES string of the molecule is CC(C)NCC1COCCN1CCCc1ccccc1. The van der Waals surface area contributed by atoms with Gasteiger partial charge in [0.25, 0.3) is 0 Å². The molecule has 0 amide bonds. The summed E-state index contributed by atoms with van der Waals surface area (Å²) < 4.78 is 5.63. The van der Waals surface area contributed by atoms with Crippen LogP contribution in [0.5, 0.6) is 0 Å². The molecular weight excluding hydrogens is 248 g/mol. The number of morpholine rings is 1. The summed E-state index contributed by atoms with van der Waals surface area (Å²) in [4.78, 5) is 2.59. The van der Waals surface area contributed by atoms with Crippen LogP contribution in [0.2, 0.25) is 0 Å². The molecule has 1 N–H and O–H groups in total. The second kappa shape index (κ2) is 8.40. The average molecular weight is 276 g/mol. The first-order chi connectivity index (χ1) is 9.75. The summed E-state index contributed by atoms with van der Waals surface area (Å²) in [7, 11) is 0. The molecule has 3 nitrogen and oxygen atoms in total. The molecule has 0 aliphatic carbocycles. The number of ether oxygens (including phenoxy) is 1. The second-order valence-corrected chi connectivity index (χ2v) is 5.92. The third kappa shape index (κ3) is 5.23. The monoisotopic (exact) mass is 276 g/mol. The van der Waals surface area contributed by atoms with Gasteiger partial charge in [0, 0.05) is 25.2 Å². The summed E-state index contributed by atoms with van der Waals surface area (Å²) >= 11 is 0. The van der Waals surface area contributed by atoms with Crippen LogP contribution in [0.4, 0.5) is 0 Å². The van der Waals surface area contributed by atoms with Crippen molar-refractivity contribution >= 4 is 0 Å². The number of rotatable bonds is 7. The quantitative estimate of drug-likeness (QED) is 0.827. The standard InChI is InChI=1S/C17H28N2O/c1-15(2)18-13-17-14-20-12-11-19(17)10-6-9-16-7-4-3-5-8-16/h3-5,7-8,15,17-18H,6,9-14H2,1-2H3. The van der Waals surface area contributed by atoms with Crippen LogP contribution in [0.3, 0.4) is 0 Å². The fourth-order valence-corrected chi connectivity index (χ4v) is 2.67. The van der Waals surface area contributed by atoms with Crippen molar-refractivity contribution in [1.82, 2.24) is 10.2 Å². The van der Waals surface area contributed by atoms with E-state index in [4.69, 9.17) is 4.74 Å². The molecule has 1 unspecified atom stereocenters. The van der Waals surface area contributed by atoms with Crippen LogP contribution in [0.1, 0.15) is 25.8 Å². The van der Waals surface area contributed by atoms with Gasteiger partial charge in [-0.2, -0.15) is 0 Å². The van der Waals surface area contributed by atoms with E-state index in [9.17, 15) is 0 Å². The highest BCUT2D eigenvalue weighted by atomic mass is 16.5. The first-order valence-electron chi connectivity index (χ1n) is 7.85. The average Bonchev–Trinajstić information content (AvgIpc) is 2.47. The highest BCUT2D eigenvalue weighted by Gasteiger charge is 2.22. The van der Waals surface area contributed by atoms with Crippen molar-refractivity contribution < 1.29 is 4.74 Å². The molecule has 1 atom stereocenters. The van der Waals surface area contributed by atoms with E-state index in [1.807, 2.05) is 0 Å². The lowest BCUT2D eigenvalue weighted by atomic mass is 10.1. The van der Waals surface area contributed by atoms with E-state index in [2.05, 4.69) is 54.4 Å². The first kappa shape index (κ1) is 15.5. The van der Waals surface area contributed by atoms with E-state index >= 15 is 0 Å². The van der Waals surface area contributed by atoms with Gasteiger partial charge in [0.2, 0.25) is 0 Å². The maximum absolute atomic E-state index is 5.63. The van der Waals surface area contributed by atoms with E-state index in [0.717, 1.165) is 26.3 Å². The minimum absolute atomic E-state index is 0.530. The van der Waals surface area contributed by atoms with Crippen LogP contribution in [0, 0.1) is 0 Å². The summed E-state index contributed by atoms with van der Waals surface area (Å²) in [6.07, 6.45) is 2.39. The fraction of sp³-hybridized carbons (Fsp3) is 0.647. The van der Waals surface area contributed by atoms with E-state index in [0.29, 0.717) is 12.1 Å². The van der Waals surface area contributed by atoms with E-state index < -0.39 is 0 Å². The maximum atomic E-state index is 5.63. The summed E-state index contributed by atoms with van der Waals surface area (Å²) in [5.41, 5.74) is 1.44. The van der Waals surface area contributed by atoms with Crippen LogP contribution in [-0.4, -0.2) is 49.8 Å². The molecule has 0 radical (unpaired) electrons. The van der Waals surface area contributed by atoms with Gasteiger partial charge in [-0.05, 0) is 24.9 Å². The molecule has 1 saturated heterocycles. The lowest BCUT2D eigenvalue weighted by Gasteiger charge is -2.36. The van der Waals surface area contributed by atoms with Crippen molar-refractivity contribution in [2.75, 3.05) is 32.8 Å². The molecule has 3 heteroatoms. The topological polar surface area (TPSA) is 24.5 Å². The smallest absolute Gasteiger partial charge is 0.0634 e. The Balaban J connectivity index is 1.74. The number of benzene rings is 1. The van der Waals surface area contributed by atoms with Gasteiger partial charge >= 0.3 is 0 Å². The van der Waals surface area contributed by atoms with Crippen molar-refractivity contribution in [2.45, 2.75) is 38.8 Å². The van der Waals surface area contributed by atoms with Crippen molar-refractivity contribution in [3.05, 3.63) is 35.9 Å². The zero-order chi connectivity index (χ0) is 14.2. The van der Waals surface area contributed by atoms with Gasteiger partial charge in [-0.1, -0.05) is 44.2 Å². The predicted molar refractivity (Wildman–Crippen MR) is 84.1 cm³/mol.